The largest absolute Gasteiger partial charge is 0.393 e. The number of rotatable bonds is 4. The van der Waals surface area contributed by atoms with Crippen LogP contribution in [0.15, 0.2) is 30.3 Å². The Bertz CT molecular complexity index is 521. The lowest BCUT2D eigenvalue weighted by Gasteiger charge is -2.31. The van der Waals surface area contributed by atoms with Crippen LogP contribution in [-0.2, 0) is 4.79 Å². The van der Waals surface area contributed by atoms with Crippen LogP contribution >= 0.6 is 0 Å². The second-order valence-electron chi connectivity index (χ2n) is 4.52. The molecule has 1 aliphatic carbocycles. The van der Waals surface area contributed by atoms with Crippen LogP contribution < -0.4 is 5.32 Å². The van der Waals surface area contributed by atoms with E-state index in [1.807, 2.05) is 0 Å². The molecule has 1 aromatic carbocycles. The molecule has 0 unspecified atom stereocenters. The maximum absolute atomic E-state index is 11.5. The van der Waals surface area contributed by atoms with Gasteiger partial charge in [0.2, 0.25) is 5.91 Å². The number of benzene rings is 1. The summed E-state index contributed by atoms with van der Waals surface area (Å²) in [6.07, 6.45) is 3.71. The third-order valence-corrected chi connectivity index (χ3v) is 2.97. The van der Waals surface area contributed by atoms with Crippen molar-refractivity contribution in [3.8, 4) is 0 Å². The third kappa shape index (κ3) is 3.62. The highest BCUT2D eigenvalue weighted by Crippen LogP contribution is 2.19. The van der Waals surface area contributed by atoms with Crippen molar-refractivity contribution in [2.75, 3.05) is 0 Å². The van der Waals surface area contributed by atoms with Gasteiger partial charge in [-0.05, 0) is 24.5 Å². The first-order valence-electron chi connectivity index (χ1n) is 5.95. The molecule has 1 saturated carbocycles. The summed E-state index contributed by atoms with van der Waals surface area (Å²) >= 11 is 0. The topological polar surface area (TPSA) is 92.5 Å². The predicted molar refractivity (Wildman–Crippen MR) is 69.3 cm³/mol. The summed E-state index contributed by atoms with van der Waals surface area (Å²) in [7, 11) is 0. The highest BCUT2D eigenvalue weighted by atomic mass is 16.6. The molecule has 6 heteroatoms. The van der Waals surface area contributed by atoms with Gasteiger partial charge in [-0.1, -0.05) is 12.1 Å². The Kier molecular flexibility index (Phi) is 3.91. The van der Waals surface area contributed by atoms with Gasteiger partial charge >= 0.3 is 0 Å². The third-order valence-electron chi connectivity index (χ3n) is 2.97. The molecule has 0 radical (unpaired) electrons. The highest BCUT2D eigenvalue weighted by molar-refractivity contribution is 5.92. The molecule has 1 aliphatic rings. The molecule has 0 atom stereocenters. The van der Waals surface area contributed by atoms with Crippen LogP contribution in [0, 0.1) is 10.1 Å². The fraction of sp³-hybridized carbons (Fsp3) is 0.308. The minimum absolute atomic E-state index is 0.00956. The van der Waals surface area contributed by atoms with E-state index in [4.69, 9.17) is 5.11 Å². The number of aliphatic hydroxyl groups is 1. The van der Waals surface area contributed by atoms with Gasteiger partial charge in [-0.3, -0.25) is 14.9 Å². The van der Waals surface area contributed by atoms with Gasteiger partial charge in [-0.15, -0.1) is 0 Å². The predicted octanol–water partition coefficient (Wildman–Crippen LogP) is 1.25. The molecule has 19 heavy (non-hydrogen) atoms. The summed E-state index contributed by atoms with van der Waals surface area (Å²) in [5.41, 5.74) is 0.586. The Balaban J connectivity index is 1.92. The van der Waals surface area contributed by atoms with Crippen LogP contribution in [0.1, 0.15) is 18.4 Å². The van der Waals surface area contributed by atoms with Crippen molar-refractivity contribution in [1.82, 2.24) is 5.32 Å². The van der Waals surface area contributed by atoms with Crippen LogP contribution in [0.3, 0.4) is 0 Å². The number of hydrogen-bond acceptors (Lipinski definition) is 4. The van der Waals surface area contributed by atoms with Crippen molar-refractivity contribution in [1.29, 1.82) is 0 Å². The number of nitrogens with one attached hydrogen (secondary N) is 1. The minimum atomic E-state index is -0.479. The van der Waals surface area contributed by atoms with Gasteiger partial charge < -0.3 is 10.4 Å². The molecular formula is C13H14N2O4. The van der Waals surface area contributed by atoms with E-state index >= 15 is 0 Å². The maximum Gasteiger partial charge on any atom is 0.270 e. The van der Waals surface area contributed by atoms with Gasteiger partial charge in [0, 0.05) is 24.3 Å². The zero-order valence-corrected chi connectivity index (χ0v) is 10.2. The van der Waals surface area contributed by atoms with Gasteiger partial charge in [0.15, 0.2) is 0 Å². The molecular weight excluding hydrogens is 248 g/mol. The van der Waals surface area contributed by atoms with E-state index in [0.717, 1.165) is 0 Å². The lowest BCUT2D eigenvalue weighted by molar-refractivity contribution is -0.384. The van der Waals surface area contributed by atoms with E-state index in [1.54, 1.807) is 12.1 Å². The molecule has 0 aromatic heterocycles. The molecule has 1 aromatic rings. The number of hydrogen-bond donors (Lipinski definition) is 2. The zero-order chi connectivity index (χ0) is 13.8. The fourth-order valence-electron chi connectivity index (χ4n) is 1.87. The maximum atomic E-state index is 11.5. The molecule has 1 fully saturated rings. The van der Waals surface area contributed by atoms with Crippen molar-refractivity contribution < 1.29 is 14.8 Å². The van der Waals surface area contributed by atoms with Gasteiger partial charge in [-0.25, -0.2) is 0 Å². The minimum Gasteiger partial charge on any atom is -0.393 e. The number of nitrogens with zero attached hydrogens (tertiary/aromatic N) is 1. The fourth-order valence-corrected chi connectivity index (χ4v) is 1.87. The summed E-state index contributed by atoms with van der Waals surface area (Å²) in [5.74, 6) is -0.261. The first kappa shape index (κ1) is 13.2. The Morgan fingerprint density at radius 3 is 2.84 bits per heavy atom. The van der Waals surface area contributed by atoms with Gasteiger partial charge in [0.25, 0.3) is 5.69 Å². The average Bonchev–Trinajstić information content (AvgIpc) is 2.35. The summed E-state index contributed by atoms with van der Waals surface area (Å²) < 4.78 is 0. The number of carbonyl (C=O) groups is 1. The number of nitro groups is 1. The number of carbonyl (C=O) groups excluding carboxylic acids is 1. The molecule has 0 aliphatic heterocycles. The van der Waals surface area contributed by atoms with Crippen LogP contribution in [0.4, 0.5) is 5.69 Å². The Labute approximate surface area is 109 Å². The van der Waals surface area contributed by atoms with Gasteiger partial charge in [0.1, 0.15) is 0 Å². The summed E-state index contributed by atoms with van der Waals surface area (Å²) in [6.45, 7) is 0. The van der Waals surface area contributed by atoms with Crippen molar-refractivity contribution >= 4 is 17.7 Å². The number of nitro benzene ring substituents is 1. The Morgan fingerprint density at radius 1 is 1.47 bits per heavy atom. The molecule has 0 heterocycles. The molecule has 100 valence electrons. The summed E-state index contributed by atoms with van der Waals surface area (Å²) in [6, 6.07) is 6.07. The van der Waals surface area contributed by atoms with E-state index < -0.39 is 4.92 Å². The second kappa shape index (κ2) is 5.62. The van der Waals surface area contributed by atoms with E-state index in [0.29, 0.717) is 18.4 Å². The van der Waals surface area contributed by atoms with E-state index in [-0.39, 0.29) is 23.7 Å². The summed E-state index contributed by atoms with van der Waals surface area (Å²) in [5, 5.41) is 22.4. The molecule has 2 rings (SSSR count). The number of non-ortho nitro benzene ring substituents is 1. The molecule has 6 nitrogen and oxygen atoms in total. The highest BCUT2D eigenvalue weighted by Gasteiger charge is 2.27. The SMILES string of the molecule is O=C(C=Cc1cccc([N+](=O)[O-])c1)NC1CC(O)C1. The Hall–Kier alpha value is -2.21. The normalized spacial score (nSPS) is 21.9. The monoisotopic (exact) mass is 262 g/mol. The first-order valence-corrected chi connectivity index (χ1v) is 5.95. The molecule has 0 spiro atoms. The lowest BCUT2D eigenvalue weighted by Crippen LogP contribution is -2.46. The lowest BCUT2D eigenvalue weighted by atomic mass is 9.89. The van der Waals surface area contributed by atoms with Crippen LogP contribution in [0.5, 0.6) is 0 Å². The second-order valence-corrected chi connectivity index (χ2v) is 4.52. The number of aliphatic hydroxyl groups excluding tert-OH is 1. The zero-order valence-electron chi connectivity index (χ0n) is 10.2. The smallest absolute Gasteiger partial charge is 0.270 e. The quantitative estimate of drug-likeness (QED) is 0.485. The number of amides is 1. The van der Waals surface area contributed by atoms with Crippen LogP contribution in [0.2, 0.25) is 0 Å². The van der Waals surface area contributed by atoms with E-state index in [2.05, 4.69) is 5.32 Å². The summed E-state index contributed by atoms with van der Waals surface area (Å²) in [4.78, 5) is 21.6. The van der Waals surface area contributed by atoms with Crippen molar-refractivity contribution in [3.05, 3.63) is 46.0 Å². The molecule has 0 saturated heterocycles. The van der Waals surface area contributed by atoms with Crippen molar-refractivity contribution in [3.63, 3.8) is 0 Å². The van der Waals surface area contributed by atoms with Gasteiger partial charge in [0.05, 0.1) is 11.0 Å². The van der Waals surface area contributed by atoms with Crippen molar-refractivity contribution in [2.24, 2.45) is 0 Å². The Morgan fingerprint density at radius 2 is 2.21 bits per heavy atom. The molecule has 0 bridgehead atoms. The first-order chi connectivity index (χ1) is 9.04. The average molecular weight is 262 g/mol. The van der Waals surface area contributed by atoms with Gasteiger partial charge in [-0.2, -0.15) is 0 Å². The van der Waals surface area contributed by atoms with Crippen molar-refractivity contribution in [2.45, 2.75) is 25.0 Å². The van der Waals surface area contributed by atoms with E-state index in [1.165, 1.54) is 24.3 Å². The van der Waals surface area contributed by atoms with Crippen LogP contribution in [0.25, 0.3) is 6.08 Å². The molecule has 2 N–H and O–H groups in total. The molecule has 1 amide bonds. The van der Waals surface area contributed by atoms with E-state index in [9.17, 15) is 14.9 Å². The standard InChI is InChI=1S/C13H14N2O4/c16-12-7-10(8-12)14-13(17)5-4-9-2-1-3-11(6-9)15(18)19/h1-6,10,12,16H,7-8H2,(H,14,17). The van der Waals surface area contributed by atoms with Crippen LogP contribution in [-0.4, -0.2) is 28.1 Å².